The van der Waals surface area contributed by atoms with Crippen molar-refractivity contribution in [1.29, 1.82) is 0 Å². The minimum atomic E-state index is -0.418. The molecule has 3 aromatic rings. The van der Waals surface area contributed by atoms with Crippen LogP contribution in [0.2, 0.25) is 0 Å². The second-order valence-corrected chi connectivity index (χ2v) is 8.18. The van der Waals surface area contributed by atoms with Crippen molar-refractivity contribution in [2.75, 3.05) is 16.4 Å². The molecule has 2 aromatic heterocycles. The number of anilines is 2. The van der Waals surface area contributed by atoms with Gasteiger partial charge in [-0.1, -0.05) is 34.4 Å². The first-order valence-corrected chi connectivity index (χ1v) is 9.74. The van der Waals surface area contributed by atoms with E-state index < -0.39 is 11.7 Å². The fourth-order valence-corrected chi connectivity index (χ4v) is 3.87. The van der Waals surface area contributed by atoms with Gasteiger partial charge in [0.15, 0.2) is 4.34 Å². The quantitative estimate of drug-likeness (QED) is 0.475. The Labute approximate surface area is 159 Å². The Kier molecular flexibility index (Phi) is 5.85. The Bertz CT molecular complexity index is 927. The second kappa shape index (κ2) is 8.29. The number of aryl methyl sites for hydroxylation is 1. The molecule has 0 saturated heterocycles. The normalized spacial score (nSPS) is 10.5. The van der Waals surface area contributed by atoms with E-state index in [-0.39, 0.29) is 11.7 Å². The lowest BCUT2D eigenvalue weighted by molar-refractivity contribution is -0.113. The van der Waals surface area contributed by atoms with Crippen LogP contribution in [0.1, 0.15) is 15.4 Å². The zero-order valence-electron chi connectivity index (χ0n) is 13.2. The molecule has 134 valence electrons. The Morgan fingerprint density at radius 3 is 2.42 bits per heavy atom. The van der Waals surface area contributed by atoms with E-state index in [0.29, 0.717) is 20.2 Å². The van der Waals surface area contributed by atoms with Gasteiger partial charge in [0.1, 0.15) is 10.8 Å². The number of halogens is 1. The molecule has 2 amide bonds. The monoisotopic (exact) mass is 410 g/mol. The SMILES string of the molecule is Cc1nnc(NC(=O)CSc2nnc(NC(=O)c3ccc(F)cc3)s2)s1. The van der Waals surface area contributed by atoms with Gasteiger partial charge >= 0.3 is 0 Å². The molecule has 12 heteroatoms. The van der Waals surface area contributed by atoms with Gasteiger partial charge in [0.2, 0.25) is 16.2 Å². The van der Waals surface area contributed by atoms with Crippen molar-refractivity contribution < 1.29 is 14.0 Å². The van der Waals surface area contributed by atoms with Crippen molar-refractivity contribution in [3.63, 3.8) is 0 Å². The lowest BCUT2D eigenvalue weighted by atomic mass is 10.2. The van der Waals surface area contributed by atoms with Crippen molar-refractivity contribution in [3.8, 4) is 0 Å². The number of carbonyl (C=O) groups excluding carboxylic acids is 2. The van der Waals surface area contributed by atoms with E-state index in [1.165, 1.54) is 47.4 Å². The number of thioether (sulfide) groups is 1. The molecule has 0 atom stereocenters. The molecule has 3 rings (SSSR count). The summed E-state index contributed by atoms with van der Waals surface area (Å²) in [7, 11) is 0. The summed E-state index contributed by atoms with van der Waals surface area (Å²) in [6.45, 7) is 1.80. The maximum atomic E-state index is 12.9. The molecule has 0 bridgehead atoms. The summed E-state index contributed by atoms with van der Waals surface area (Å²) in [5.74, 6) is -0.947. The number of hydrogen-bond donors (Lipinski definition) is 2. The second-order valence-electron chi connectivity index (χ2n) is 4.80. The summed E-state index contributed by atoms with van der Waals surface area (Å²) >= 11 is 3.62. The largest absolute Gasteiger partial charge is 0.300 e. The molecule has 2 N–H and O–H groups in total. The summed E-state index contributed by atoms with van der Waals surface area (Å²) in [5, 5.41) is 22.1. The molecule has 0 aliphatic heterocycles. The topological polar surface area (TPSA) is 110 Å². The summed E-state index contributed by atoms with van der Waals surface area (Å²) < 4.78 is 13.4. The zero-order valence-corrected chi connectivity index (χ0v) is 15.7. The zero-order chi connectivity index (χ0) is 18.5. The first-order chi connectivity index (χ1) is 12.5. The van der Waals surface area contributed by atoms with E-state index >= 15 is 0 Å². The van der Waals surface area contributed by atoms with Gasteiger partial charge in [0.05, 0.1) is 5.75 Å². The van der Waals surface area contributed by atoms with Crippen LogP contribution in [0.25, 0.3) is 0 Å². The average molecular weight is 410 g/mol. The molecular formula is C14H11FN6O2S3. The molecule has 8 nitrogen and oxygen atoms in total. The highest BCUT2D eigenvalue weighted by Crippen LogP contribution is 2.26. The molecule has 0 aliphatic rings. The highest BCUT2D eigenvalue weighted by molar-refractivity contribution is 8.01. The van der Waals surface area contributed by atoms with E-state index in [1.807, 2.05) is 0 Å². The first-order valence-electron chi connectivity index (χ1n) is 7.13. The van der Waals surface area contributed by atoms with Crippen LogP contribution in [0.15, 0.2) is 28.6 Å². The highest BCUT2D eigenvalue weighted by Gasteiger charge is 2.13. The van der Waals surface area contributed by atoms with Gasteiger partial charge in [-0.3, -0.25) is 20.2 Å². The molecule has 1 aromatic carbocycles. The van der Waals surface area contributed by atoms with Crippen molar-refractivity contribution in [2.24, 2.45) is 0 Å². The maximum Gasteiger partial charge on any atom is 0.257 e. The maximum absolute atomic E-state index is 12.9. The van der Waals surface area contributed by atoms with Crippen molar-refractivity contribution in [2.45, 2.75) is 11.3 Å². The number of amides is 2. The third-order valence-electron chi connectivity index (χ3n) is 2.83. The van der Waals surface area contributed by atoms with E-state index in [0.717, 1.165) is 16.3 Å². The molecule has 0 unspecified atom stereocenters. The van der Waals surface area contributed by atoms with Crippen molar-refractivity contribution >= 4 is 56.5 Å². The van der Waals surface area contributed by atoms with E-state index in [2.05, 4.69) is 31.0 Å². The van der Waals surface area contributed by atoms with Crippen LogP contribution in [0.5, 0.6) is 0 Å². The van der Waals surface area contributed by atoms with E-state index in [1.54, 1.807) is 6.92 Å². The van der Waals surface area contributed by atoms with Gasteiger partial charge in [-0.25, -0.2) is 4.39 Å². The highest BCUT2D eigenvalue weighted by atomic mass is 32.2. The molecule has 0 spiro atoms. The van der Waals surface area contributed by atoms with E-state index in [4.69, 9.17) is 0 Å². The molecule has 0 radical (unpaired) electrons. The fourth-order valence-electron chi connectivity index (χ4n) is 1.72. The summed E-state index contributed by atoms with van der Waals surface area (Å²) in [5.41, 5.74) is 0.308. The van der Waals surface area contributed by atoms with Gasteiger partial charge in [-0.05, 0) is 31.2 Å². The first kappa shape index (κ1) is 18.4. The standard InChI is InChI=1S/C14H11FN6O2S3/c1-7-18-19-12(25-7)16-10(22)6-24-14-21-20-13(26-14)17-11(23)8-2-4-9(15)5-3-8/h2-5H,6H2,1H3,(H,16,19,22)(H,17,20,23). The minimum absolute atomic E-state index is 0.124. The van der Waals surface area contributed by atoms with Crippen LogP contribution in [0, 0.1) is 12.7 Å². The summed E-state index contributed by atoms with van der Waals surface area (Å²) in [4.78, 5) is 23.9. The Morgan fingerprint density at radius 2 is 1.73 bits per heavy atom. The lowest BCUT2D eigenvalue weighted by Gasteiger charge is -2.00. The summed E-state index contributed by atoms with van der Waals surface area (Å²) in [6, 6.07) is 5.16. The summed E-state index contributed by atoms with van der Waals surface area (Å²) in [6.07, 6.45) is 0. The molecule has 0 saturated carbocycles. The van der Waals surface area contributed by atoms with Crippen molar-refractivity contribution in [1.82, 2.24) is 20.4 Å². The fraction of sp³-hybridized carbons (Fsp3) is 0.143. The number of nitrogens with zero attached hydrogens (tertiary/aromatic N) is 4. The predicted molar refractivity (Wildman–Crippen MR) is 98.3 cm³/mol. The molecule has 0 fully saturated rings. The van der Waals surface area contributed by atoms with E-state index in [9.17, 15) is 14.0 Å². The van der Waals surface area contributed by atoms with Gasteiger partial charge in [-0.15, -0.1) is 20.4 Å². The molecule has 2 heterocycles. The van der Waals surface area contributed by atoms with Gasteiger partial charge in [-0.2, -0.15) is 0 Å². The lowest BCUT2D eigenvalue weighted by Crippen LogP contribution is -2.13. The number of aromatic nitrogens is 4. The number of carbonyl (C=O) groups is 2. The number of hydrogen-bond acceptors (Lipinski definition) is 9. The third-order valence-corrected chi connectivity index (χ3v) is 5.56. The molecule has 26 heavy (non-hydrogen) atoms. The molecular weight excluding hydrogens is 399 g/mol. The van der Waals surface area contributed by atoms with Gasteiger partial charge < -0.3 is 0 Å². The van der Waals surface area contributed by atoms with Gasteiger partial charge in [0, 0.05) is 5.56 Å². The number of nitrogens with one attached hydrogen (secondary N) is 2. The van der Waals surface area contributed by atoms with Crippen LogP contribution in [0.4, 0.5) is 14.7 Å². The average Bonchev–Trinajstić information content (AvgIpc) is 3.22. The van der Waals surface area contributed by atoms with Crippen LogP contribution < -0.4 is 10.6 Å². The van der Waals surface area contributed by atoms with Crippen LogP contribution >= 0.6 is 34.4 Å². The van der Waals surface area contributed by atoms with Crippen LogP contribution in [0.3, 0.4) is 0 Å². The number of rotatable bonds is 6. The predicted octanol–water partition coefficient (Wildman–Crippen LogP) is 2.82. The van der Waals surface area contributed by atoms with Crippen LogP contribution in [-0.2, 0) is 4.79 Å². The Hall–Kier alpha value is -2.44. The third kappa shape index (κ3) is 5.03. The van der Waals surface area contributed by atoms with Crippen LogP contribution in [-0.4, -0.2) is 38.0 Å². The Balaban J connectivity index is 1.50. The van der Waals surface area contributed by atoms with Gasteiger partial charge in [0.25, 0.3) is 5.91 Å². The number of benzene rings is 1. The smallest absolute Gasteiger partial charge is 0.257 e. The molecule has 0 aliphatic carbocycles. The Morgan fingerprint density at radius 1 is 1.04 bits per heavy atom. The minimum Gasteiger partial charge on any atom is -0.300 e. The van der Waals surface area contributed by atoms with Crippen molar-refractivity contribution in [3.05, 3.63) is 40.7 Å².